The number of anilines is 1. The Morgan fingerprint density at radius 3 is 2.20 bits per heavy atom. The number of nitrogens with one attached hydrogen (secondary N) is 1. The second kappa shape index (κ2) is 5.47. The summed E-state index contributed by atoms with van der Waals surface area (Å²) < 4.78 is 39.4. The minimum absolute atomic E-state index is 0.155. The molecule has 0 aromatic heterocycles. The van der Waals surface area contributed by atoms with Gasteiger partial charge in [0.25, 0.3) is 10.0 Å². The predicted molar refractivity (Wildman–Crippen MR) is 75.3 cm³/mol. The van der Waals surface area contributed by atoms with Gasteiger partial charge in [-0.2, -0.15) is 0 Å². The maximum atomic E-state index is 13.0. The first-order chi connectivity index (χ1) is 9.31. The van der Waals surface area contributed by atoms with Crippen molar-refractivity contribution in [3.05, 3.63) is 52.3 Å². The van der Waals surface area contributed by atoms with Crippen molar-refractivity contribution in [1.29, 1.82) is 0 Å². The van der Waals surface area contributed by atoms with E-state index in [-0.39, 0.29) is 20.6 Å². The zero-order valence-corrected chi connectivity index (χ0v) is 12.1. The zero-order chi connectivity index (χ0) is 14.9. The standard InChI is InChI=1S/C12H8Cl2FNO3S/c13-8-5-7(15)6-9(14)12(8)16-20(18,19)11-4-2-1-3-10(11)17/h1-6,16-17H. The average Bonchev–Trinajstić information content (AvgIpc) is 2.34. The number of benzene rings is 2. The van der Waals surface area contributed by atoms with Crippen molar-refractivity contribution in [3.8, 4) is 5.75 Å². The van der Waals surface area contributed by atoms with E-state index in [1.165, 1.54) is 24.3 Å². The van der Waals surface area contributed by atoms with E-state index in [1.807, 2.05) is 0 Å². The Kier molecular flexibility index (Phi) is 4.08. The molecular formula is C12H8Cl2FNO3S. The molecule has 8 heteroatoms. The van der Waals surface area contributed by atoms with Crippen LogP contribution < -0.4 is 4.72 Å². The third-order valence-electron chi connectivity index (χ3n) is 2.40. The first kappa shape index (κ1) is 14.9. The lowest BCUT2D eigenvalue weighted by molar-refractivity contribution is 0.459. The van der Waals surface area contributed by atoms with E-state index in [2.05, 4.69) is 4.72 Å². The van der Waals surface area contributed by atoms with Gasteiger partial charge in [0.2, 0.25) is 0 Å². The van der Waals surface area contributed by atoms with Gasteiger partial charge < -0.3 is 5.11 Å². The summed E-state index contributed by atoms with van der Waals surface area (Å²) in [5.41, 5.74) is -0.155. The molecule has 4 nitrogen and oxygen atoms in total. The van der Waals surface area contributed by atoms with Crippen LogP contribution in [0.15, 0.2) is 41.3 Å². The van der Waals surface area contributed by atoms with Gasteiger partial charge in [-0.3, -0.25) is 4.72 Å². The van der Waals surface area contributed by atoms with Crippen molar-refractivity contribution >= 4 is 38.9 Å². The van der Waals surface area contributed by atoms with Crippen molar-refractivity contribution in [2.45, 2.75) is 4.90 Å². The van der Waals surface area contributed by atoms with Crippen LogP contribution >= 0.6 is 23.2 Å². The summed E-state index contributed by atoms with van der Waals surface area (Å²) in [5, 5.41) is 9.19. The molecule has 0 aliphatic heterocycles. The molecule has 106 valence electrons. The highest BCUT2D eigenvalue weighted by atomic mass is 35.5. The van der Waals surface area contributed by atoms with E-state index in [0.29, 0.717) is 0 Å². The van der Waals surface area contributed by atoms with Gasteiger partial charge in [-0.25, -0.2) is 12.8 Å². The Labute approximate surface area is 124 Å². The third kappa shape index (κ3) is 2.98. The zero-order valence-electron chi connectivity index (χ0n) is 9.77. The Balaban J connectivity index is 2.47. The molecule has 0 saturated heterocycles. The molecule has 0 fully saturated rings. The summed E-state index contributed by atoms with van der Waals surface area (Å²) in [6, 6.07) is 7.21. The minimum atomic E-state index is -4.09. The van der Waals surface area contributed by atoms with Gasteiger partial charge in [-0.1, -0.05) is 35.3 Å². The average molecular weight is 336 g/mol. The quantitative estimate of drug-likeness (QED) is 0.899. The number of para-hydroxylation sites is 1. The molecule has 0 spiro atoms. The number of rotatable bonds is 3. The fourth-order valence-corrected chi connectivity index (χ4v) is 3.38. The monoisotopic (exact) mass is 335 g/mol. The number of hydrogen-bond donors (Lipinski definition) is 2. The topological polar surface area (TPSA) is 66.4 Å². The molecule has 2 rings (SSSR count). The summed E-state index contributed by atoms with van der Waals surface area (Å²) in [6.45, 7) is 0. The summed E-state index contributed by atoms with van der Waals surface area (Å²) in [6.07, 6.45) is 0. The van der Waals surface area contributed by atoms with Crippen LogP contribution in [-0.2, 0) is 10.0 Å². The Morgan fingerprint density at radius 2 is 1.65 bits per heavy atom. The lowest BCUT2D eigenvalue weighted by atomic mass is 10.3. The second-order valence-corrected chi connectivity index (χ2v) is 6.28. The number of halogens is 3. The number of phenols is 1. The van der Waals surface area contributed by atoms with Gasteiger partial charge in [0.15, 0.2) is 0 Å². The predicted octanol–water partition coefficient (Wildman–Crippen LogP) is 3.64. The van der Waals surface area contributed by atoms with Crippen LogP contribution in [0.4, 0.5) is 10.1 Å². The van der Waals surface area contributed by atoms with Gasteiger partial charge in [0.05, 0.1) is 15.7 Å². The molecule has 20 heavy (non-hydrogen) atoms. The lowest BCUT2D eigenvalue weighted by Crippen LogP contribution is -2.14. The van der Waals surface area contributed by atoms with E-state index < -0.39 is 21.6 Å². The molecule has 0 unspecified atom stereocenters. The van der Waals surface area contributed by atoms with Gasteiger partial charge in [-0.05, 0) is 24.3 Å². The summed E-state index contributed by atoms with van der Waals surface area (Å²) in [4.78, 5) is -0.337. The highest BCUT2D eigenvalue weighted by molar-refractivity contribution is 7.92. The van der Waals surface area contributed by atoms with Crippen molar-refractivity contribution in [2.24, 2.45) is 0 Å². The molecule has 0 bridgehead atoms. The Morgan fingerprint density at radius 1 is 1.10 bits per heavy atom. The highest BCUT2D eigenvalue weighted by Gasteiger charge is 2.21. The molecule has 0 heterocycles. The third-order valence-corrected chi connectivity index (χ3v) is 4.39. The van der Waals surface area contributed by atoms with E-state index in [4.69, 9.17) is 23.2 Å². The SMILES string of the molecule is O=S(=O)(Nc1c(Cl)cc(F)cc1Cl)c1ccccc1O. The summed E-state index contributed by atoms with van der Waals surface area (Å²) in [5.74, 6) is -1.11. The normalized spacial score (nSPS) is 11.3. The van der Waals surface area contributed by atoms with Crippen LogP contribution in [0.2, 0.25) is 10.0 Å². The largest absolute Gasteiger partial charge is 0.507 e. The minimum Gasteiger partial charge on any atom is -0.507 e. The van der Waals surface area contributed by atoms with Crippen LogP contribution in [0.25, 0.3) is 0 Å². The lowest BCUT2D eigenvalue weighted by Gasteiger charge is -2.12. The smallest absolute Gasteiger partial charge is 0.265 e. The van der Waals surface area contributed by atoms with Gasteiger partial charge >= 0.3 is 0 Å². The Hall–Kier alpha value is -1.50. The molecule has 2 aromatic carbocycles. The van der Waals surface area contributed by atoms with E-state index in [9.17, 15) is 17.9 Å². The van der Waals surface area contributed by atoms with Crippen LogP contribution in [0.5, 0.6) is 5.75 Å². The second-order valence-electron chi connectivity index (χ2n) is 3.82. The molecule has 2 aromatic rings. The first-order valence-electron chi connectivity index (χ1n) is 5.26. The molecule has 0 atom stereocenters. The van der Waals surface area contributed by atoms with E-state index in [1.54, 1.807) is 0 Å². The van der Waals surface area contributed by atoms with Crippen LogP contribution in [-0.4, -0.2) is 13.5 Å². The molecule has 0 saturated carbocycles. The molecule has 2 N–H and O–H groups in total. The van der Waals surface area contributed by atoms with Gasteiger partial charge in [-0.15, -0.1) is 0 Å². The van der Waals surface area contributed by atoms with Crippen molar-refractivity contribution in [3.63, 3.8) is 0 Å². The highest BCUT2D eigenvalue weighted by Crippen LogP contribution is 2.34. The molecule has 0 radical (unpaired) electrons. The first-order valence-corrected chi connectivity index (χ1v) is 7.50. The summed E-state index contributed by atoms with van der Waals surface area (Å²) >= 11 is 11.5. The van der Waals surface area contributed by atoms with Crippen molar-refractivity contribution in [1.82, 2.24) is 0 Å². The number of aromatic hydroxyl groups is 1. The molecule has 0 aliphatic rings. The molecular weight excluding hydrogens is 328 g/mol. The van der Waals surface area contributed by atoms with Gasteiger partial charge in [0, 0.05) is 0 Å². The maximum absolute atomic E-state index is 13.0. The Bertz CT molecular complexity index is 742. The molecule has 0 amide bonds. The van der Waals surface area contributed by atoms with Crippen molar-refractivity contribution < 1.29 is 17.9 Å². The van der Waals surface area contributed by atoms with Gasteiger partial charge in [0.1, 0.15) is 16.5 Å². The van der Waals surface area contributed by atoms with E-state index in [0.717, 1.165) is 12.1 Å². The number of phenolic OH excluding ortho intramolecular Hbond substituents is 1. The van der Waals surface area contributed by atoms with Crippen LogP contribution in [0.1, 0.15) is 0 Å². The fourth-order valence-electron chi connectivity index (χ4n) is 1.51. The van der Waals surface area contributed by atoms with Crippen LogP contribution in [0, 0.1) is 5.82 Å². The summed E-state index contributed by atoms with van der Waals surface area (Å²) in [7, 11) is -4.09. The fraction of sp³-hybridized carbons (Fsp3) is 0. The van der Waals surface area contributed by atoms with E-state index >= 15 is 0 Å². The van der Waals surface area contributed by atoms with Crippen molar-refractivity contribution in [2.75, 3.05) is 4.72 Å². The maximum Gasteiger partial charge on any atom is 0.265 e. The number of hydrogen-bond acceptors (Lipinski definition) is 3. The number of sulfonamides is 1. The van der Waals surface area contributed by atoms with Crippen LogP contribution in [0.3, 0.4) is 0 Å². The molecule has 0 aliphatic carbocycles.